The van der Waals surface area contributed by atoms with Crippen molar-refractivity contribution in [2.75, 3.05) is 13.2 Å². The first-order valence-electron chi connectivity index (χ1n) is 8.06. The number of hydrogen-bond donors (Lipinski definition) is 1. The van der Waals surface area contributed by atoms with Gasteiger partial charge in [-0.2, -0.15) is 0 Å². The van der Waals surface area contributed by atoms with Crippen LogP contribution in [0.3, 0.4) is 0 Å². The minimum absolute atomic E-state index is 0.201. The Kier molecular flexibility index (Phi) is 18.4. The number of aliphatic hydroxyl groups is 1. The van der Waals surface area contributed by atoms with Crippen molar-refractivity contribution in [2.45, 2.75) is 62.3 Å². The topological polar surface area (TPSA) is 82.1 Å². The lowest BCUT2D eigenvalue weighted by Gasteiger charge is -2.16. The average Bonchev–Trinajstić information content (AvgIpc) is 2.31. The number of aliphatic hydroxyl groups excluding tert-OH is 1. The molecule has 0 unspecified atom stereocenters. The second-order valence-corrected chi connectivity index (χ2v) is 12.4. The molecule has 0 spiro atoms. The monoisotopic (exact) mass is 560 g/mol. The van der Waals surface area contributed by atoms with Gasteiger partial charge in [-0.05, 0) is 93.3 Å². The van der Waals surface area contributed by atoms with Gasteiger partial charge in [0.15, 0.2) is 0 Å². The van der Waals surface area contributed by atoms with Crippen LogP contribution in [-0.2, 0) is 14.2 Å². The van der Waals surface area contributed by atoms with Gasteiger partial charge in [-0.1, -0.05) is 41.5 Å². The van der Waals surface area contributed by atoms with Crippen molar-refractivity contribution in [1.29, 1.82) is 0 Å². The van der Waals surface area contributed by atoms with E-state index in [0.717, 1.165) is 12.8 Å². The SMILES string of the molecule is CC(C)(C)CCO.CC(C)(C)CCOC(=O)Cl.O=C(OC(Cl)(Cl)Cl)OC(Cl)(Cl)Cl. The molecule has 0 fully saturated rings. The van der Waals surface area contributed by atoms with Gasteiger partial charge in [-0.3, -0.25) is 0 Å². The Labute approximate surface area is 207 Å². The van der Waals surface area contributed by atoms with Gasteiger partial charge < -0.3 is 19.3 Å². The Morgan fingerprint density at radius 1 is 0.759 bits per heavy atom. The summed E-state index contributed by atoms with van der Waals surface area (Å²) in [4.78, 5) is 20.6. The molecule has 0 atom stereocenters. The molecule has 0 aliphatic rings. The molecule has 0 amide bonds. The Morgan fingerprint density at radius 3 is 1.28 bits per heavy atom. The summed E-state index contributed by atoms with van der Waals surface area (Å²) in [7, 11) is 0. The lowest BCUT2D eigenvalue weighted by atomic mass is 9.93. The van der Waals surface area contributed by atoms with Crippen LogP contribution in [0.5, 0.6) is 0 Å². The van der Waals surface area contributed by atoms with Crippen LogP contribution in [0.2, 0.25) is 0 Å². The van der Waals surface area contributed by atoms with E-state index in [2.05, 4.69) is 55.8 Å². The highest BCUT2D eigenvalue weighted by molar-refractivity contribution is 6.67. The van der Waals surface area contributed by atoms with Crippen molar-refractivity contribution in [3.8, 4) is 0 Å². The highest BCUT2D eigenvalue weighted by Crippen LogP contribution is 2.32. The quantitative estimate of drug-likeness (QED) is 0.213. The van der Waals surface area contributed by atoms with E-state index in [1.807, 2.05) is 0 Å². The van der Waals surface area contributed by atoms with Gasteiger partial charge in [-0.15, -0.1) is 0 Å². The largest absolute Gasteiger partial charge is 0.515 e. The van der Waals surface area contributed by atoms with Crippen LogP contribution < -0.4 is 0 Å². The summed E-state index contributed by atoms with van der Waals surface area (Å²) < 4.78 is 8.05. The molecule has 0 aromatic carbocycles. The zero-order valence-corrected chi connectivity index (χ0v) is 22.3. The van der Waals surface area contributed by atoms with E-state index in [1.54, 1.807) is 0 Å². The molecule has 0 aliphatic heterocycles. The van der Waals surface area contributed by atoms with Gasteiger partial charge in [0, 0.05) is 18.2 Å². The van der Waals surface area contributed by atoms with E-state index in [4.69, 9.17) is 86.3 Å². The van der Waals surface area contributed by atoms with Crippen LogP contribution in [0.15, 0.2) is 0 Å². The van der Waals surface area contributed by atoms with E-state index < -0.39 is 19.5 Å². The van der Waals surface area contributed by atoms with E-state index in [0.29, 0.717) is 18.6 Å². The first-order chi connectivity index (χ1) is 12.6. The van der Waals surface area contributed by atoms with Gasteiger partial charge in [0.05, 0.1) is 6.61 Å². The molecule has 0 heterocycles. The van der Waals surface area contributed by atoms with Crippen molar-refractivity contribution >= 4 is 92.8 Å². The van der Waals surface area contributed by atoms with Gasteiger partial charge in [-0.25, -0.2) is 9.59 Å². The number of rotatable bonds is 3. The lowest BCUT2D eigenvalue weighted by molar-refractivity contribution is 0.0508. The predicted octanol–water partition coefficient (Wildman–Crippen LogP) is 8.01. The first kappa shape index (κ1) is 34.3. The molecule has 0 rings (SSSR count). The van der Waals surface area contributed by atoms with Crippen molar-refractivity contribution in [1.82, 2.24) is 0 Å². The molecular weight excluding hydrogens is 536 g/mol. The molecule has 29 heavy (non-hydrogen) atoms. The molecule has 0 saturated carbocycles. The van der Waals surface area contributed by atoms with E-state index in [-0.39, 0.29) is 5.41 Å². The summed E-state index contributed by atoms with van der Waals surface area (Å²) in [6.07, 6.45) is 0.327. The van der Waals surface area contributed by atoms with Crippen LogP contribution in [0.4, 0.5) is 9.59 Å². The minimum Gasteiger partial charge on any atom is -0.454 e. The number of alkyl halides is 6. The van der Waals surface area contributed by atoms with Crippen molar-refractivity contribution in [3.05, 3.63) is 0 Å². The first-order valence-corrected chi connectivity index (χ1v) is 10.7. The van der Waals surface area contributed by atoms with Gasteiger partial charge >= 0.3 is 19.5 Å². The maximum Gasteiger partial charge on any atom is 0.515 e. The molecule has 6 nitrogen and oxygen atoms in total. The van der Waals surface area contributed by atoms with E-state index in [9.17, 15) is 9.59 Å². The maximum atomic E-state index is 10.5. The van der Waals surface area contributed by atoms with Crippen LogP contribution in [-0.4, -0.2) is 37.9 Å². The molecule has 0 aliphatic carbocycles. The average molecular weight is 564 g/mol. The highest BCUT2D eigenvalue weighted by Gasteiger charge is 2.32. The van der Waals surface area contributed by atoms with Crippen LogP contribution in [0.25, 0.3) is 0 Å². The van der Waals surface area contributed by atoms with Crippen molar-refractivity contribution in [3.63, 3.8) is 0 Å². The molecule has 176 valence electrons. The number of ether oxygens (including phenoxy) is 3. The Morgan fingerprint density at radius 2 is 1.10 bits per heavy atom. The normalized spacial score (nSPS) is 11.9. The fourth-order valence-electron chi connectivity index (χ4n) is 0.983. The van der Waals surface area contributed by atoms with Gasteiger partial charge in [0.2, 0.25) is 0 Å². The fraction of sp³-hybridized carbons (Fsp3) is 0.875. The van der Waals surface area contributed by atoms with E-state index in [1.165, 1.54) is 0 Å². The molecule has 1 N–H and O–H groups in total. The van der Waals surface area contributed by atoms with Gasteiger partial charge in [0.1, 0.15) is 0 Å². The second kappa shape index (κ2) is 15.5. The smallest absolute Gasteiger partial charge is 0.454 e. The summed E-state index contributed by atoms with van der Waals surface area (Å²) in [6.45, 7) is 13.3. The van der Waals surface area contributed by atoms with E-state index >= 15 is 0 Å². The minimum atomic E-state index is -2.24. The summed E-state index contributed by atoms with van der Waals surface area (Å²) in [5.41, 5.74) is -0.217. The highest BCUT2D eigenvalue weighted by atomic mass is 35.6. The molecule has 0 radical (unpaired) electrons. The van der Waals surface area contributed by atoms with Crippen molar-refractivity contribution < 1.29 is 28.9 Å². The van der Waals surface area contributed by atoms with Gasteiger partial charge in [0.25, 0.3) is 0 Å². The van der Waals surface area contributed by atoms with Crippen LogP contribution in [0.1, 0.15) is 54.4 Å². The van der Waals surface area contributed by atoms with Crippen LogP contribution in [0, 0.1) is 10.8 Å². The molecule has 0 aromatic heterocycles. The summed E-state index contributed by atoms with van der Waals surface area (Å²) in [5.74, 6) is 0. The standard InChI is InChI=1S/C7H13ClO2.C6H14O.C3Cl6O3/c1-7(2,3)4-5-10-6(8)9;1-6(2,3)4-5-7;4-2(5,6)11-1(10)12-3(7,8)9/h4-5H2,1-3H3;7H,4-5H2,1-3H3;. The second-order valence-electron chi connectivity index (χ2n) is 7.78. The summed E-state index contributed by atoms with van der Waals surface area (Å²) >= 11 is 35.2. The molecular formula is C16H27Cl7O6. The zero-order chi connectivity index (χ0) is 24.1. The zero-order valence-electron chi connectivity index (χ0n) is 17.0. The Bertz CT molecular complexity index is 444. The third kappa shape index (κ3) is 43.5. The number of hydrogen-bond acceptors (Lipinski definition) is 6. The van der Waals surface area contributed by atoms with Crippen LogP contribution >= 0.6 is 81.2 Å². The third-order valence-electron chi connectivity index (χ3n) is 2.33. The summed E-state index contributed by atoms with van der Waals surface area (Å²) in [5, 5.41) is 8.40. The number of halogens is 7. The van der Waals surface area contributed by atoms with Crippen molar-refractivity contribution in [2.24, 2.45) is 10.8 Å². The fourth-order valence-corrected chi connectivity index (χ4v) is 1.44. The number of carbonyl (C=O) groups excluding carboxylic acids is 2. The number of carbonyl (C=O) groups is 2. The lowest BCUT2D eigenvalue weighted by Crippen LogP contribution is -2.22. The molecule has 0 bridgehead atoms. The maximum absolute atomic E-state index is 10.5. The molecule has 0 aromatic rings. The Hall–Kier alpha value is 0.730. The molecule has 0 saturated heterocycles. The summed E-state index contributed by atoms with van der Waals surface area (Å²) in [6, 6.07) is 0. The Balaban J connectivity index is -0.000000362. The third-order valence-corrected chi connectivity index (χ3v) is 2.90. The molecule has 13 heteroatoms. The predicted molar refractivity (Wildman–Crippen MR) is 121 cm³/mol.